The van der Waals surface area contributed by atoms with E-state index in [2.05, 4.69) is 23.5 Å². The van der Waals surface area contributed by atoms with E-state index < -0.39 is 0 Å². The molecule has 2 aliphatic rings. The smallest absolute Gasteiger partial charge is 0.0580 e. The van der Waals surface area contributed by atoms with Gasteiger partial charge in [-0.25, -0.2) is 0 Å². The molecule has 0 bridgehead atoms. The van der Waals surface area contributed by atoms with Crippen molar-refractivity contribution in [3.05, 3.63) is 34.9 Å². The summed E-state index contributed by atoms with van der Waals surface area (Å²) in [5.74, 6) is 0.461. The maximum Gasteiger partial charge on any atom is 0.0580 e. The number of hydrogen-bond acceptors (Lipinski definition) is 2. The molecule has 0 amide bonds. The first kappa shape index (κ1) is 13.1. The van der Waals surface area contributed by atoms with Gasteiger partial charge in [-0.2, -0.15) is 0 Å². The fraction of sp³-hybridized carbons (Fsp3) is 0.647. The summed E-state index contributed by atoms with van der Waals surface area (Å²) >= 11 is 0. The van der Waals surface area contributed by atoms with Gasteiger partial charge in [0.15, 0.2) is 0 Å². The summed E-state index contributed by atoms with van der Waals surface area (Å²) in [5.41, 5.74) is 4.49. The maximum atomic E-state index is 9.95. The van der Waals surface area contributed by atoms with E-state index in [4.69, 9.17) is 0 Å². The molecule has 3 rings (SSSR count). The highest BCUT2D eigenvalue weighted by molar-refractivity contribution is 5.35. The van der Waals surface area contributed by atoms with Crippen molar-refractivity contribution in [2.45, 2.75) is 57.6 Å². The third-order valence-electron chi connectivity index (χ3n) is 4.77. The van der Waals surface area contributed by atoms with E-state index in [1.54, 1.807) is 11.1 Å². The van der Waals surface area contributed by atoms with Crippen LogP contribution in [0.4, 0.5) is 0 Å². The van der Waals surface area contributed by atoms with Crippen molar-refractivity contribution in [2.75, 3.05) is 6.54 Å². The van der Waals surface area contributed by atoms with Gasteiger partial charge in [0.25, 0.3) is 0 Å². The average molecular weight is 259 g/mol. The van der Waals surface area contributed by atoms with Crippen LogP contribution in [0.2, 0.25) is 0 Å². The van der Waals surface area contributed by atoms with Gasteiger partial charge >= 0.3 is 0 Å². The second kappa shape index (κ2) is 6.06. The predicted molar refractivity (Wildman–Crippen MR) is 78.1 cm³/mol. The van der Waals surface area contributed by atoms with E-state index in [-0.39, 0.29) is 6.10 Å². The van der Waals surface area contributed by atoms with Crippen LogP contribution in [0.3, 0.4) is 0 Å². The molecule has 0 spiro atoms. The number of aryl methyl sites for hydroxylation is 2. The molecule has 19 heavy (non-hydrogen) atoms. The van der Waals surface area contributed by atoms with E-state index in [1.807, 2.05) is 0 Å². The van der Waals surface area contributed by atoms with Crippen LogP contribution >= 0.6 is 0 Å². The molecule has 2 nitrogen and oxygen atoms in total. The first-order valence-corrected chi connectivity index (χ1v) is 7.82. The lowest BCUT2D eigenvalue weighted by Crippen LogP contribution is -2.33. The molecule has 1 aromatic rings. The number of fused-ring (bicyclic) bond motifs is 1. The van der Waals surface area contributed by atoms with Crippen LogP contribution in [0.15, 0.2) is 18.2 Å². The molecule has 2 unspecified atom stereocenters. The van der Waals surface area contributed by atoms with E-state index in [1.165, 1.54) is 44.1 Å². The summed E-state index contributed by atoms with van der Waals surface area (Å²) in [4.78, 5) is 0. The summed E-state index contributed by atoms with van der Waals surface area (Å²) in [7, 11) is 0. The highest BCUT2D eigenvalue weighted by atomic mass is 16.3. The molecule has 0 heterocycles. The van der Waals surface area contributed by atoms with Crippen molar-refractivity contribution in [1.29, 1.82) is 0 Å². The third-order valence-corrected chi connectivity index (χ3v) is 4.77. The molecule has 2 N–H and O–H groups in total. The van der Waals surface area contributed by atoms with Gasteiger partial charge in [0.2, 0.25) is 0 Å². The third kappa shape index (κ3) is 3.18. The Morgan fingerprint density at radius 2 is 1.89 bits per heavy atom. The molecule has 0 radical (unpaired) electrons. The zero-order valence-corrected chi connectivity index (χ0v) is 11.7. The summed E-state index contributed by atoms with van der Waals surface area (Å²) in [6, 6.07) is 6.93. The predicted octanol–water partition coefficient (Wildman–Crippen LogP) is 2.82. The van der Waals surface area contributed by atoms with Crippen molar-refractivity contribution < 1.29 is 5.11 Å². The van der Waals surface area contributed by atoms with Crippen LogP contribution < -0.4 is 5.32 Å². The molecular weight excluding hydrogens is 234 g/mol. The van der Waals surface area contributed by atoms with E-state index in [9.17, 15) is 5.11 Å². The monoisotopic (exact) mass is 259 g/mol. The minimum atomic E-state index is -0.0822. The SMILES string of the molecule is OC1CCCCC1CNCc1ccc2c(c1)CCC2. The Bertz CT molecular complexity index is 429. The largest absolute Gasteiger partial charge is 0.393 e. The normalized spacial score (nSPS) is 26.4. The number of aliphatic hydroxyl groups excluding tert-OH is 1. The molecule has 1 aromatic carbocycles. The summed E-state index contributed by atoms with van der Waals surface area (Å²) in [5, 5.41) is 13.5. The number of rotatable bonds is 4. The highest BCUT2D eigenvalue weighted by Crippen LogP contribution is 2.24. The number of benzene rings is 1. The van der Waals surface area contributed by atoms with Crippen molar-refractivity contribution >= 4 is 0 Å². The Morgan fingerprint density at radius 1 is 1.05 bits per heavy atom. The highest BCUT2D eigenvalue weighted by Gasteiger charge is 2.22. The number of aliphatic hydroxyl groups is 1. The molecule has 2 heteroatoms. The van der Waals surface area contributed by atoms with E-state index in [0.29, 0.717) is 5.92 Å². The molecule has 2 aliphatic carbocycles. The lowest BCUT2D eigenvalue weighted by molar-refractivity contribution is 0.0695. The number of nitrogens with one attached hydrogen (secondary N) is 1. The number of hydrogen-bond donors (Lipinski definition) is 2. The van der Waals surface area contributed by atoms with Crippen molar-refractivity contribution in [3.63, 3.8) is 0 Å². The van der Waals surface area contributed by atoms with Crippen LogP contribution in [0.25, 0.3) is 0 Å². The fourth-order valence-corrected chi connectivity index (χ4v) is 3.56. The van der Waals surface area contributed by atoms with Crippen molar-refractivity contribution in [3.8, 4) is 0 Å². The lowest BCUT2D eigenvalue weighted by atomic mass is 9.86. The van der Waals surface area contributed by atoms with Crippen molar-refractivity contribution in [2.24, 2.45) is 5.92 Å². The second-order valence-corrected chi connectivity index (χ2v) is 6.20. The van der Waals surface area contributed by atoms with E-state index >= 15 is 0 Å². The van der Waals surface area contributed by atoms with Crippen LogP contribution in [0.1, 0.15) is 48.8 Å². The molecular formula is C17H25NO. The minimum absolute atomic E-state index is 0.0822. The molecule has 0 aromatic heterocycles. The average Bonchev–Trinajstić information content (AvgIpc) is 2.88. The Kier molecular flexibility index (Phi) is 4.19. The minimum Gasteiger partial charge on any atom is -0.393 e. The van der Waals surface area contributed by atoms with Gasteiger partial charge in [-0.1, -0.05) is 31.0 Å². The van der Waals surface area contributed by atoms with Gasteiger partial charge in [-0.05, 0) is 54.7 Å². The van der Waals surface area contributed by atoms with Crippen molar-refractivity contribution in [1.82, 2.24) is 5.32 Å². The Hall–Kier alpha value is -0.860. The van der Waals surface area contributed by atoms with Crippen LogP contribution in [-0.2, 0) is 19.4 Å². The molecule has 0 aliphatic heterocycles. The van der Waals surface area contributed by atoms with Gasteiger partial charge < -0.3 is 10.4 Å². The molecule has 1 fully saturated rings. The molecule has 0 saturated heterocycles. The summed E-state index contributed by atoms with van der Waals surface area (Å²) < 4.78 is 0. The van der Waals surface area contributed by atoms with Gasteiger partial charge in [-0.15, -0.1) is 0 Å². The first-order valence-electron chi connectivity index (χ1n) is 7.82. The zero-order valence-electron chi connectivity index (χ0n) is 11.7. The summed E-state index contributed by atoms with van der Waals surface area (Å²) in [6.45, 7) is 1.90. The lowest BCUT2D eigenvalue weighted by Gasteiger charge is -2.27. The topological polar surface area (TPSA) is 32.3 Å². The quantitative estimate of drug-likeness (QED) is 0.871. The Morgan fingerprint density at radius 3 is 2.79 bits per heavy atom. The molecule has 2 atom stereocenters. The zero-order chi connectivity index (χ0) is 13.1. The second-order valence-electron chi connectivity index (χ2n) is 6.20. The standard InChI is InChI=1S/C17H25NO/c19-17-7-2-1-4-16(17)12-18-11-13-8-9-14-5-3-6-15(14)10-13/h8-10,16-19H,1-7,11-12H2. The maximum absolute atomic E-state index is 9.95. The van der Waals surface area contributed by atoms with Crippen LogP contribution in [-0.4, -0.2) is 17.8 Å². The van der Waals surface area contributed by atoms with Crippen LogP contribution in [0, 0.1) is 5.92 Å². The first-order chi connectivity index (χ1) is 9.33. The van der Waals surface area contributed by atoms with Crippen LogP contribution in [0.5, 0.6) is 0 Å². The summed E-state index contributed by atoms with van der Waals surface area (Å²) in [6.07, 6.45) is 8.40. The molecule has 104 valence electrons. The Balaban J connectivity index is 1.49. The van der Waals surface area contributed by atoms with Gasteiger partial charge in [0.1, 0.15) is 0 Å². The van der Waals surface area contributed by atoms with Gasteiger partial charge in [0.05, 0.1) is 6.10 Å². The van der Waals surface area contributed by atoms with Gasteiger partial charge in [0, 0.05) is 13.1 Å². The van der Waals surface area contributed by atoms with E-state index in [0.717, 1.165) is 19.5 Å². The fourth-order valence-electron chi connectivity index (χ4n) is 3.56. The molecule has 1 saturated carbocycles. The Labute approximate surface area is 116 Å². The van der Waals surface area contributed by atoms with Gasteiger partial charge in [-0.3, -0.25) is 0 Å².